The molecule has 5 heteroatoms. The van der Waals surface area contributed by atoms with E-state index in [9.17, 15) is 9.59 Å². The molecule has 25 heavy (non-hydrogen) atoms. The number of likely N-dealkylation sites (tertiary alicyclic amines) is 1. The van der Waals surface area contributed by atoms with Gasteiger partial charge in [-0.3, -0.25) is 4.79 Å². The molecule has 0 aromatic heterocycles. The number of carbonyl (C=O) groups is 2. The lowest BCUT2D eigenvalue weighted by atomic mass is 9.86. The monoisotopic (exact) mass is 339 g/mol. The lowest BCUT2D eigenvalue weighted by molar-refractivity contribution is -0.117. The van der Waals surface area contributed by atoms with Crippen LogP contribution in [0.1, 0.15) is 31.2 Å². The van der Waals surface area contributed by atoms with E-state index < -0.39 is 0 Å². The zero-order valence-corrected chi connectivity index (χ0v) is 14.5. The molecule has 2 heterocycles. The molecule has 2 atom stereocenters. The number of hydrogen-bond acceptors (Lipinski definition) is 2. The summed E-state index contributed by atoms with van der Waals surface area (Å²) in [5, 5.41) is 3.04. The molecule has 1 aromatic carbocycles. The summed E-state index contributed by atoms with van der Waals surface area (Å²) in [6.45, 7) is 3.02. The van der Waals surface area contributed by atoms with Crippen molar-refractivity contribution in [2.24, 2.45) is 11.8 Å². The van der Waals surface area contributed by atoms with Crippen LogP contribution in [0.15, 0.2) is 36.4 Å². The first-order valence-electron chi connectivity index (χ1n) is 9.28. The molecule has 3 amide bonds. The third-order valence-corrected chi connectivity index (χ3v) is 5.65. The highest BCUT2D eigenvalue weighted by molar-refractivity contribution is 5.95. The highest BCUT2D eigenvalue weighted by atomic mass is 16.2. The Balaban J connectivity index is 1.34. The van der Waals surface area contributed by atoms with E-state index in [1.54, 1.807) is 0 Å². The van der Waals surface area contributed by atoms with E-state index in [-0.39, 0.29) is 11.9 Å². The van der Waals surface area contributed by atoms with Crippen molar-refractivity contribution in [1.82, 2.24) is 10.2 Å². The Morgan fingerprint density at radius 3 is 2.60 bits per heavy atom. The molecule has 1 aromatic rings. The Bertz CT molecular complexity index is 684. The molecule has 3 aliphatic rings. The van der Waals surface area contributed by atoms with E-state index in [4.69, 9.17) is 0 Å². The number of amides is 3. The van der Waals surface area contributed by atoms with Gasteiger partial charge in [0, 0.05) is 38.3 Å². The number of nitrogens with one attached hydrogen (secondary N) is 1. The van der Waals surface area contributed by atoms with Gasteiger partial charge in [0.15, 0.2) is 0 Å². The average molecular weight is 339 g/mol. The van der Waals surface area contributed by atoms with E-state index >= 15 is 0 Å². The van der Waals surface area contributed by atoms with Gasteiger partial charge in [-0.05, 0) is 48.8 Å². The van der Waals surface area contributed by atoms with Crippen LogP contribution < -0.4 is 10.2 Å². The maximum absolute atomic E-state index is 12.5. The maximum atomic E-state index is 12.5. The molecular weight excluding hydrogens is 314 g/mol. The fourth-order valence-corrected chi connectivity index (χ4v) is 4.23. The number of nitrogens with zero attached hydrogens (tertiary/aromatic N) is 2. The first-order chi connectivity index (χ1) is 12.2. The number of allylic oxidation sites excluding steroid dienone is 2. The summed E-state index contributed by atoms with van der Waals surface area (Å²) in [6, 6.07) is 7.96. The van der Waals surface area contributed by atoms with Gasteiger partial charge in [0.1, 0.15) is 0 Å². The van der Waals surface area contributed by atoms with Crippen LogP contribution in [0.5, 0.6) is 0 Å². The molecule has 0 saturated carbocycles. The van der Waals surface area contributed by atoms with E-state index in [0.29, 0.717) is 24.8 Å². The predicted octanol–water partition coefficient (Wildman–Crippen LogP) is 2.92. The number of hydrogen-bond donors (Lipinski definition) is 1. The molecular formula is C20H25N3O2. The van der Waals surface area contributed by atoms with Crippen molar-refractivity contribution in [3.05, 3.63) is 42.0 Å². The zero-order valence-electron chi connectivity index (χ0n) is 14.5. The quantitative estimate of drug-likeness (QED) is 0.861. The van der Waals surface area contributed by atoms with Crippen LogP contribution in [-0.2, 0) is 11.3 Å². The molecule has 0 bridgehead atoms. The number of urea groups is 1. The minimum Gasteiger partial charge on any atom is -0.334 e. The first-order valence-corrected chi connectivity index (χ1v) is 9.28. The fraction of sp³-hybridized carbons (Fsp3) is 0.500. The van der Waals surface area contributed by atoms with Crippen LogP contribution in [0.3, 0.4) is 0 Å². The summed E-state index contributed by atoms with van der Waals surface area (Å²) in [5.41, 5.74) is 1.97. The van der Waals surface area contributed by atoms with Crippen LogP contribution >= 0.6 is 0 Å². The highest BCUT2D eigenvalue weighted by Crippen LogP contribution is 2.32. The molecule has 0 radical (unpaired) electrons. The van der Waals surface area contributed by atoms with Crippen molar-refractivity contribution in [3.8, 4) is 0 Å². The van der Waals surface area contributed by atoms with Crippen molar-refractivity contribution in [2.75, 3.05) is 24.5 Å². The third-order valence-electron chi connectivity index (χ3n) is 5.65. The SMILES string of the molecule is O=C(NCc1cccc(N2CCCC2=O)c1)N1C[C@@H]2CC=CC[C@H]2C1. The van der Waals surface area contributed by atoms with E-state index in [1.807, 2.05) is 34.1 Å². The molecule has 132 valence electrons. The van der Waals surface area contributed by atoms with E-state index in [2.05, 4.69) is 17.5 Å². The van der Waals surface area contributed by atoms with Crippen LogP contribution in [0, 0.1) is 11.8 Å². The number of carbonyl (C=O) groups excluding carboxylic acids is 2. The second-order valence-electron chi connectivity index (χ2n) is 7.35. The zero-order chi connectivity index (χ0) is 17.2. The molecule has 0 spiro atoms. The van der Waals surface area contributed by atoms with E-state index in [0.717, 1.165) is 50.1 Å². The Morgan fingerprint density at radius 2 is 1.92 bits per heavy atom. The van der Waals surface area contributed by atoms with Gasteiger partial charge in [-0.25, -0.2) is 4.79 Å². The Labute approximate surface area is 148 Å². The van der Waals surface area contributed by atoms with Gasteiger partial charge in [0.2, 0.25) is 5.91 Å². The average Bonchev–Trinajstić information content (AvgIpc) is 3.26. The van der Waals surface area contributed by atoms with Gasteiger partial charge in [-0.15, -0.1) is 0 Å². The smallest absolute Gasteiger partial charge is 0.317 e. The molecule has 2 fully saturated rings. The third kappa shape index (κ3) is 3.41. The van der Waals surface area contributed by atoms with Crippen molar-refractivity contribution in [2.45, 2.75) is 32.2 Å². The minimum atomic E-state index is 0.0250. The summed E-state index contributed by atoms with van der Waals surface area (Å²) in [7, 11) is 0. The van der Waals surface area contributed by atoms with Crippen LogP contribution in [0.4, 0.5) is 10.5 Å². The molecule has 0 unspecified atom stereocenters. The van der Waals surface area contributed by atoms with Gasteiger partial charge in [-0.1, -0.05) is 24.3 Å². The first kappa shape index (κ1) is 16.2. The molecule has 1 aliphatic carbocycles. The molecule has 4 rings (SSSR count). The number of anilines is 1. The normalized spacial score (nSPS) is 25.4. The lowest BCUT2D eigenvalue weighted by Gasteiger charge is -2.19. The van der Waals surface area contributed by atoms with E-state index in [1.165, 1.54) is 0 Å². The van der Waals surface area contributed by atoms with Crippen LogP contribution in [0.2, 0.25) is 0 Å². The topological polar surface area (TPSA) is 52.7 Å². The molecule has 2 aliphatic heterocycles. The van der Waals surface area contributed by atoms with Crippen molar-refractivity contribution >= 4 is 17.6 Å². The molecule has 5 nitrogen and oxygen atoms in total. The van der Waals surface area contributed by atoms with Gasteiger partial charge >= 0.3 is 6.03 Å². The summed E-state index contributed by atoms with van der Waals surface area (Å²) in [4.78, 5) is 28.2. The van der Waals surface area contributed by atoms with Gasteiger partial charge in [-0.2, -0.15) is 0 Å². The highest BCUT2D eigenvalue weighted by Gasteiger charge is 2.34. The van der Waals surface area contributed by atoms with Gasteiger partial charge in [0.05, 0.1) is 0 Å². The second kappa shape index (κ2) is 6.90. The van der Waals surface area contributed by atoms with Gasteiger partial charge < -0.3 is 15.1 Å². The summed E-state index contributed by atoms with van der Waals surface area (Å²) < 4.78 is 0. The maximum Gasteiger partial charge on any atom is 0.317 e. The summed E-state index contributed by atoms with van der Waals surface area (Å²) in [6.07, 6.45) is 8.24. The lowest BCUT2D eigenvalue weighted by Crippen LogP contribution is -2.38. The Morgan fingerprint density at radius 1 is 1.16 bits per heavy atom. The number of rotatable bonds is 3. The van der Waals surface area contributed by atoms with Crippen molar-refractivity contribution < 1.29 is 9.59 Å². The second-order valence-corrected chi connectivity index (χ2v) is 7.35. The molecule has 1 N–H and O–H groups in total. The fourth-order valence-electron chi connectivity index (χ4n) is 4.23. The number of benzene rings is 1. The Kier molecular flexibility index (Phi) is 4.47. The molecule has 2 saturated heterocycles. The largest absolute Gasteiger partial charge is 0.334 e. The van der Waals surface area contributed by atoms with Crippen LogP contribution in [-0.4, -0.2) is 36.5 Å². The summed E-state index contributed by atoms with van der Waals surface area (Å²) >= 11 is 0. The Hall–Kier alpha value is -2.30. The van der Waals surface area contributed by atoms with Crippen LogP contribution in [0.25, 0.3) is 0 Å². The van der Waals surface area contributed by atoms with Gasteiger partial charge in [0.25, 0.3) is 0 Å². The number of fused-ring (bicyclic) bond motifs is 1. The predicted molar refractivity (Wildman–Crippen MR) is 97.2 cm³/mol. The standard InChI is InChI=1S/C20H25N3O2/c24-19-9-4-10-23(19)18-8-3-5-15(11-18)12-21-20(25)22-13-16-6-1-2-7-17(16)14-22/h1-3,5,8,11,16-17H,4,6-7,9-10,12-14H2,(H,21,25)/t16-,17-/m0/s1. The summed E-state index contributed by atoms with van der Waals surface area (Å²) in [5.74, 6) is 1.44. The minimum absolute atomic E-state index is 0.0250. The van der Waals surface area contributed by atoms with Crippen molar-refractivity contribution in [3.63, 3.8) is 0 Å². The van der Waals surface area contributed by atoms with Crippen molar-refractivity contribution in [1.29, 1.82) is 0 Å².